The average Bonchev–Trinajstić information content (AvgIpc) is 2.84. The van der Waals surface area contributed by atoms with E-state index in [1.165, 1.54) is 16.7 Å². The second kappa shape index (κ2) is 13.9. The lowest BCUT2D eigenvalue weighted by atomic mass is 10.1. The van der Waals surface area contributed by atoms with Gasteiger partial charge in [-0.15, -0.1) is 6.58 Å². The van der Waals surface area contributed by atoms with Crippen molar-refractivity contribution in [1.82, 2.24) is 10.2 Å². The van der Waals surface area contributed by atoms with E-state index in [0.717, 1.165) is 38.4 Å². The Morgan fingerprint density at radius 1 is 0.812 bits per heavy atom. The third-order valence-electron chi connectivity index (χ3n) is 5.77. The molecule has 0 fully saturated rings. The van der Waals surface area contributed by atoms with Gasteiger partial charge in [0.15, 0.2) is 0 Å². The van der Waals surface area contributed by atoms with Gasteiger partial charge in [-0.25, -0.2) is 0 Å². The van der Waals surface area contributed by atoms with Crippen molar-refractivity contribution in [2.75, 3.05) is 18.8 Å². The molecule has 0 aromatic heterocycles. The van der Waals surface area contributed by atoms with Crippen LogP contribution in [-0.4, -0.2) is 35.0 Å². The van der Waals surface area contributed by atoms with Gasteiger partial charge in [-0.2, -0.15) is 11.8 Å². The zero-order valence-electron chi connectivity index (χ0n) is 19.2. The van der Waals surface area contributed by atoms with Crippen LogP contribution in [0.2, 0.25) is 0 Å². The van der Waals surface area contributed by atoms with E-state index in [2.05, 4.69) is 126 Å². The first-order valence-corrected chi connectivity index (χ1v) is 12.6. The van der Waals surface area contributed by atoms with Crippen LogP contribution in [0.3, 0.4) is 0 Å². The average molecular weight is 445 g/mol. The number of benzene rings is 3. The number of thioether (sulfide) groups is 1. The van der Waals surface area contributed by atoms with E-state index in [1.54, 1.807) is 0 Å². The third kappa shape index (κ3) is 8.31. The lowest BCUT2D eigenvalue weighted by molar-refractivity contribution is 0.186. The second-order valence-corrected chi connectivity index (χ2v) is 9.56. The molecule has 0 amide bonds. The number of hydrogen-bond acceptors (Lipinski definition) is 3. The molecule has 2 nitrogen and oxygen atoms in total. The minimum Gasteiger partial charge on any atom is -0.312 e. The van der Waals surface area contributed by atoms with Gasteiger partial charge >= 0.3 is 0 Å². The van der Waals surface area contributed by atoms with Gasteiger partial charge in [-0.05, 0) is 35.8 Å². The first-order valence-electron chi connectivity index (χ1n) is 11.6. The van der Waals surface area contributed by atoms with Crippen LogP contribution in [0.15, 0.2) is 104 Å². The number of nitrogens with zero attached hydrogens (tertiary/aromatic N) is 1. The Bertz CT molecular complexity index is 841. The molecule has 3 aromatic rings. The summed E-state index contributed by atoms with van der Waals surface area (Å²) in [6.45, 7) is 9.99. The second-order valence-electron chi connectivity index (χ2n) is 8.21. The van der Waals surface area contributed by atoms with Crippen molar-refractivity contribution in [3.05, 3.63) is 120 Å². The Morgan fingerprint density at radius 3 is 1.81 bits per heavy atom. The van der Waals surface area contributed by atoms with Crippen LogP contribution in [-0.2, 0) is 19.5 Å². The summed E-state index contributed by atoms with van der Waals surface area (Å²) in [5, 5.41) is 4.07. The minimum atomic E-state index is 0.425. The molecule has 0 aliphatic rings. The highest BCUT2D eigenvalue weighted by Crippen LogP contribution is 2.23. The van der Waals surface area contributed by atoms with Gasteiger partial charge in [-0.1, -0.05) is 97.1 Å². The summed E-state index contributed by atoms with van der Waals surface area (Å²) in [5.41, 5.74) is 4.14. The van der Waals surface area contributed by atoms with Crippen molar-refractivity contribution in [2.45, 2.75) is 37.7 Å². The molecule has 32 heavy (non-hydrogen) atoms. The minimum absolute atomic E-state index is 0.425. The van der Waals surface area contributed by atoms with Crippen LogP contribution in [0.5, 0.6) is 0 Å². The van der Waals surface area contributed by atoms with E-state index < -0.39 is 0 Å². The van der Waals surface area contributed by atoms with Gasteiger partial charge in [0.1, 0.15) is 0 Å². The van der Waals surface area contributed by atoms with E-state index in [0.29, 0.717) is 11.3 Å². The predicted molar refractivity (Wildman–Crippen MR) is 141 cm³/mol. The standard InChI is InChI=1S/C29H36N2S/c1-3-20-30-22-29(32-21-19-26-13-7-4-8-14-26)25(2)31(23-27-15-9-5-10-16-27)24-28-17-11-6-12-18-28/h3-18,25,29-30H,1,19-24H2,2H3/t25-,29-/m0/s1. The molecule has 2 atom stereocenters. The number of rotatable bonds is 14. The largest absolute Gasteiger partial charge is 0.312 e. The number of hydrogen-bond donors (Lipinski definition) is 1. The SMILES string of the molecule is C=CCNC[C@H](SCCc1ccccc1)[C@H](C)N(Cc1ccccc1)Cc1ccccc1. The molecule has 0 unspecified atom stereocenters. The van der Waals surface area contributed by atoms with Crippen molar-refractivity contribution >= 4 is 11.8 Å². The summed E-state index contributed by atoms with van der Waals surface area (Å²) in [6, 6.07) is 32.9. The van der Waals surface area contributed by atoms with Crippen molar-refractivity contribution in [2.24, 2.45) is 0 Å². The van der Waals surface area contributed by atoms with Crippen LogP contribution in [0.4, 0.5) is 0 Å². The molecule has 168 valence electrons. The zero-order chi connectivity index (χ0) is 22.4. The monoisotopic (exact) mass is 444 g/mol. The smallest absolute Gasteiger partial charge is 0.0325 e. The fourth-order valence-corrected chi connectivity index (χ4v) is 5.23. The lowest BCUT2D eigenvalue weighted by Gasteiger charge is -2.35. The number of nitrogens with one attached hydrogen (secondary N) is 1. The Kier molecular flexibility index (Phi) is 10.6. The Labute approximate surface area is 198 Å². The molecule has 0 spiro atoms. The van der Waals surface area contributed by atoms with E-state index >= 15 is 0 Å². The maximum absolute atomic E-state index is 3.87. The van der Waals surface area contributed by atoms with Crippen molar-refractivity contribution in [3.8, 4) is 0 Å². The van der Waals surface area contributed by atoms with E-state index in [9.17, 15) is 0 Å². The molecule has 0 saturated carbocycles. The Balaban J connectivity index is 1.71. The van der Waals surface area contributed by atoms with E-state index in [4.69, 9.17) is 0 Å². The molecule has 0 saturated heterocycles. The molecule has 0 radical (unpaired) electrons. The van der Waals surface area contributed by atoms with Crippen LogP contribution in [0, 0.1) is 0 Å². The summed E-state index contributed by atoms with van der Waals surface area (Å²) >= 11 is 2.09. The maximum Gasteiger partial charge on any atom is 0.0325 e. The molecule has 3 heteroatoms. The summed E-state index contributed by atoms with van der Waals surface area (Å²) in [7, 11) is 0. The summed E-state index contributed by atoms with van der Waals surface area (Å²) in [6.07, 6.45) is 3.05. The van der Waals surface area contributed by atoms with Crippen LogP contribution >= 0.6 is 11.8 Å². The van der Waals surface area contributed by atoms with Crippen LogP contribution in [0.25, 0.3) is 0 Å². The van der Waals surface area contributed by atoms with Gasteiger partial charge in [0.2, 0.25) is 0 Å². The first-order chi connectivity index (χ1) is 15.8. The van der Waals surface area contributed by atoms with Gasteiger partial charge in [0.25, 0.3) is 0 Å². The van der Waals surface area contributed by atoms with Gasteiger partial charge < -0.3 is 5.32 Å². The van der Waals surface area contributed by atoms with Crippen LogP contribution < -0.4 is 5.32 Å². The quantitative estimate of drug-likeness (QED) is 0.235. The molecule has 0 bridgehead atoms. The molecule has 1 N–H and O–H groups in total. The van der Waals surface area contributed by atoms with Crippen molar-refractivity contribution in [3.63, 3.8) is 0 Å². The molecule has 0 heterocycles. The predicted octanol–water partition coefficient (Wildman–Crippen LogP) is 6.20. The zero-order valence-corrected chi connectivity index (χ0v) is 20.0. The maximum atomic E-state index is 3.87. The van der Waals surface area contributed by atoms with Crippen LogP contribution in [0.1, 0.15) is 23.6 Å². The first kappa shape index (κ1) is 24.3. The van der Waals surface area contributed by atoms with Gasteiger partial charge in [0, 0.05) is 37.5 Å². The van der Waals surface area contributed by atoms with Gasteiger partial charge in [0.05, 0.1) is 0 Å². The highest BCUT2D eigenvalue weighted by atomic mass is 32.2. The summed E-state index contributed by atoms with van der Waals surface area (Å²) in [5.74, 6) is 1.12. The number of aryl methyl sites for hydroxylation is 1. The lowest BCUT2D eigenvalue weighted by Crippen LogP contribution is -2.44. The molecule has 3 aromatic carbocycles. The van der Waals surface area contributed by atoms with E-state index in [-0.39, 0.29) is 0 Å². The van der Waals surface area contributed by atoms with E-state index in [1.807, 2.05) is 6.08 Å². The summed E-state index contributed by atoms with van der Waals surface area (Å²) in [4.78, 5) is 2.63. The highest BCUT2D eigenvalue weighted by molar-refractivity contribution is 8.00. The van der Waals surface area contributed by atoms with Crippen molar-refractivity contribution in [1.29, 1.82) is 0 Å². The topological polar surface area (TPSA) is 15.3 Å². The fraction of sp³-hybridized carbons (Fsp3) is 0.310. The highest BCUT2D eigenvalue weighted by Gasteiger charge is 2.24. The normalized spacial score (nSPS) is 13.1. The molecule has 3 rings (SSSR count). The molecule has 0 aliphatic heterocycles. The fourth-order valence-electron chi connectivity index (χ4n) is 3.88. The molecule has 0 aliphatic carbocycles. The van der Waals surface area contributed by atoms with Gasteiger partial charge in [-0.3, -0.25) is 4.90 Å². The molecular weight excluding hydrogens is 408 g/mol. The third-order valence-corrected chi connectivity index (χ3v) is 7.20. The molecular formula is C29H36N2S. The Hall–Kier alpha value is -2.33. The Morgan fingerprint density at radius 2 is 1.31 bits per heavy atom. The van der Waals surface area contributed by atoms with Crippen molar-refractivity contribution < 1.29 is 0 Å². The summed E-state index contributed by atoms with van der Waals surface area (Å²) < 4.78 is 0.